The number of phenols is 1. The van der Waals surface area contributed by atoms with Gasteiger partial charge in [-0.15, -0.1) is 0 Å². The zero-order chi connectivity index (χ0) is 15.4. The van der Waals surface area contributed by atoms with Gasteiger partial charge in [0.2, 0.25) is 0 Å². The van der Waals surface area contributed by atoms with Crippen molar-refractivity contribution in [3.63, 3.8) is 0 Å². The molecule has 1 aliphatic heterocycles. The van der Waals surface area contributed by atoms with Gasteiger partial charge in [-0.3, -0.25) is 4.90 Å². The third-order valence-corrected chi connectivity index (χ3v) is 4.70. The maximum absolute atomic E-state index is 10.6. The van der Waals surface area contributed by atoms with Crippen molar-refractivity contribution in [2.75, 3.05) is 26.2 Å². The average molecular weight is 298 g/mol. The second-order valence-corrected chi connectivity index (χ2v) is 6.16. The second-order valence-electron chi connectivity index (χ2n) is 6.16. The van der Waals surface area contributed by atoms with Crippen LogP contribution in [0.2, 0.25) is 0 Å². The van der Waals surface area contributed by atoms with Crippen LogP contribution in [0.1, 0.15) is 37.8 Å². The van der Waals surface area contributed by atoms with E-state index in [9.17, 15) is 5.11 Å². The number of piperazine rings is 1. The van der Waals surface area contributed by atoms with E-state index in [1.54, 1.807) is 0 Å². The normalized spacial score (nSPS) is 17.7. The number of unbranched alkanes of at least 4 members (excludes halogenated alkanes) is 1. The van der Waals surface area contributed by atoms with Gasteiger partial charge in [-0.05, 0) is 23.3 Å². The smallest absolute Gasteiger partial charge is 0.121 e. The van der Waals surface area contributed by atoms with Crippen LogP contribution in [0.3, 0.4) is 0 Å². The molecule has 0 amide bonds. The highest BCUT2D eigenvalue weighted by molar-refractivity contribution is 5.88. The van der Waals surface area contributed by atoms with Crippen LogP contribution in [0.15, 0.2) is 36.4 Å². The molecule has 0 aromatic heterocycles. The van der Waals surface area contributed by atoms with Gasteiger partial charge in [0.1, 0.15) is 5.75 Å². The molecule has 118 valence electrons. The van der Waals surface area contributed by atoms with Gasteiger partial charge < -0.3 is 10.4 Å². The molecule has 1 atom stereocenters. The van der Waals surface area contributed by atoms with Gasteiger partial charge in [0.15, 0.2) is 0 Å². The molecule has 0 unspecified atom stereocenters. The molecule has 22 heavy (non-hydrogen) atoms. The number of phenolic OH excluding ortho intramolecular Hbond substituents is 1. The summed E-state index contributed by atoms with van der Waals surface area (Å²) in [6.07, 6.45) is 3.49. The molecule has 1 heterocycles. The highest BCUT2D eigenvalue weighted by atomic mass is 16.3. The van der Waals surface area contributed by atoms with Crippen LogP contribution in [-0.4, -0.2) is 36.2 Å². The van der Waals surface area contributed by atoms with Gasteiger partial charge in [0.25, 0.3) is 0 Å². The van der Waals surface area contributed by atoms with Gasteiger partial charge in [-0.25, -0.2) is 0 Å². The van der Waals surface area contributed by atoms with E-state index < -0.39 is 0 Å². The minimum absolute atomic E-state index is 0.313. The molecular formula is C19H26N2O. The summed E-state index contributed by atoms with van der Waals surface area (Å²) in [4.78, 5) is 2.54. The Morgan fingerprint density at radius 2 is 1.91 bits per heavy atom. The first-order valence-electron chi connectivity index (χ1n) is 8.46. The fourth-order valence-electron chi connectivity index (χ4n) is 3.54. The van der Waals surface area contributed by atoms with Crippen molar-refractivity contribution >= 4 is 10.8 Å². The average Bonchev–Trinajstić information content (AvgIpc) is 2.58. The Labute approximate surface area is 132 Å². The first-order chi connectivity index (χ1) is 10.8. The van der Waals surface area contributed by atoms with Crippen molar-refractivity contribution in [3.8, 4) is 5.75 Å². The minimum Gasteiger partial charge on any atom is -0.508 e. The van der Waals surface area contributed by atoms with E-state index in [4.69, 9.17) is 0 Å². The number of nitrogens with one attached hydrogen (secondary N) is 1. The van der Waals surface area contributed by atoms with Crippen LogP contribution >= 0.6 is 0 Å². The van der Waals surface area contributed by atoms with Gasteiger partial charge >= 0.3 is 0 Å². The summed E-state index contributed by atoms with van der Waals surface area (Å²) in [7, 11) is 0. The summed E-state index contributed by atoms with van der Waals surface area (Å²) >= 11 is 0. The van der Waals surface area contributed by atoms with Crippen LogP contribution in [-0.2, 0) is 0 Å². The summed E-state index contributed by atoms with van der Waals surface area (Å²) in [5.41, 5.74) is 1.12. The first-order valence-corrected chi connectivity index (χ1v) is 8.46. The largest absolute Gasteiger partial charge is 0.508 e. The molecule has 0 aliphatic carbocycles. The summed E-state index contributed by atoms with van der Waals surface area (Å²) in [6.45, 7) is 6.41. The van der Waals surface area contributed by atoms with E-state index in [0.29, 0.717) is 11.8 Å². The molecule has 2 aromatic carbocycles. The predicted molar refractivity (Wildman–Crippen MR) is 92.3 cm³/mol. The highest BCUT2D eigenvalue weighted by Crippen LogP contribution is 2.38. The molecule has 0 spiro atoms. The van der Waals surface area contributed by atoms with Crippen LogP contribution in [0.4, 0.5) is 0 Å². The van der Waals surface area contributed by atoms with E-state index in [1.165, 1.54) is 23.6 Å². The molecule has 0 saturated carbocycles. The summed E-state index contributed by atoms with van der Waals surface area (Å²) in [5, 5.41) is 16.4. The number of aromatic hydroxyl groups is 1. The van der Waals surface area contributed by atoms with Crippen molar-refractivity contribution in [1.29, 1.82) is 0 Å². The second kappa shape index (κ2) is 7.12. The van der Waals surface area contributed by atoms with E-state index in [0.717, 1.165) is 38.2 Å². The Hall–Kier alpha value is -1.58. The van der Waals surface area contributed by atoms with E-state index >= 15 is 0 Å². The number of fused-ring (bicyclic) bond motifs is 1. The fourth-order valence-corrected chi connectivity index (χ4v) is 3.54. The van der Waals surface area contributed by atoms with Crippen molar-refractivity contribution in [2.24, 2.45) is 0 Å². The van der Waals surface area contributed by atoms with Crippen LogP contribution in [0.25, 0.3) is 10.8 Å². The molecule has 3 heteroatoms. The van der Waals surface area contributed by atoms with Crippen LogP contribution in [0, 0.1) is 0 Å². The number of nitrogens with zero attached hydrogens (tertiary/aromatic N) is 1. The lowest BCUT2D eigenvalue weighted by atomic mass is 9.92. The third kappa shape index (κ3) is 3.11. The molecule has 1 fully saturated rings. The molecule has 2 aromatic rings. The highest BCUT2D eigenvalue weighted by Gasteiger charge is 2.25. The molecule has 1 saturated heterocycles. The molecule has 3 nitrogen and oxygen atoms in total. The van der Waals surface area contributed by atoms with Crippen molar-refractivity contribution < 1.29 is 5.11 Å². The molecule has 3 rings (SSSR count). The van der Waals surface area contributed by atoms with Crippen LogP contribution < -0.4 is 5.32 Å². The van der Waals surface area contributed by atoms with Gasteiger partial charge in [0, 0.05) is 37.8 Å². The molecule has 2 N–H and O–H groups in total. The third-order valence-electron chi connectivity index (χ3n) is 4.70. The zero-order valence-corrected chi connectivity index (χ0v) is 13.4. The Kier molecular flexibility index (Phi) is 4.96. The number of hydrogen-bond acceptors (Lipinski definition) is 3. The zero-order valence-electron chi connectivity index (χ0n) is 13.4. The number of benzene rings is 2. The molecule has 0 bridgehead atoms. The first kappa shape index (κ1) is 15.3. The van der Waals surface area contributed by atoms with E-state index in [-0.39, 0.29) is 0 Å². The quantitative estimate of drug-likeness (QED) is 0.884. The van der Waals surface area contributed by atoms with Crippen molar-refractivity contribution in [1.82, 2.24) is 10.2 Å². The topological polar surface area (TPSA) is 35.5 Å². The Morgan fingerprint density at radius 3 is 2.68 bits per heavy atom. The fraction of sp³-hybridized carbons (Fsp3) is 0.474. The minimum atomic E-state index is 0.313. The van der Waals surface area contributed by atoms with Crippen molar-refractivity contribution in [3.05, 3.63) is 42.0 Å². The van der Waals surface area contributed by atoms with Gasteiger partial charge in [0.05, 0.1) is 0 Å². The standard InChI is InChI=1S/C19H26N2O/c1-2-3-8-17(21-13-11-20-12-14-21)19-16-7-5-4-6-15(16)9-10-18(19)22/h4-7,9-10,17,20,22H,2-3,8,11-14H2,1H3/t17-/m0/s1. The monoisotopic (exact) mass is 298 g/mol. The van der Waals surface area contributed by atoms with E-state index in [1.807, 2.05) is 12.1 Å². The van der Waals surface area contributed by atoms with Crippen molar-refractivity contribution in [2.45, 2.75) is 32.2 Å². The summed E-state index contributed by atoms with van der Waals surface area (Å²) in [6, 6.07) is 12.6. The molecule has 0 radical (unpaired) electrons. The lowest BCUT2D eigenvalue weighted by molar-refractivity contribution is 0.162. The Balaban J connectivity index is 2.04. The molecular weight excluding hydrogens is 272 g/mol. The predicted octanol–water partition coefficient (Wildman–Crippen LogP) is 3.68. The summed E-state index contributed by atoms with van der Waals surface area (Å²) in [5.74, 6) is 0.443. The maximum atomic E-state index is 10.6. The maximum Gasteiger partial charge on any atom is 0.121 e. The Bertz CT molecular complexity index is 620. The Morgan fingerprint density at radius 1 is 1.14 bits per heavy atom. The summed E-state index contributed by atoms with van der Waals surface area (Å²) < 4.78 is 0. The number of rotatable bonds is 5. The van der Waals surface area contributed by atoms with Crippen LogP contribution in [0.5, 0.6) is 5.75 Å². The number of hydrogen-bond donors (Lipinski definition) is 2. The lowest BCUT2D eigenvalue weighted by Crippen LogP contribution is -2.45. The van der Waals surface area contributed by atoms with Gasteiger partial charge in [-0.2, -0.15) is 0 Å². The van der Waals surface area contributed by atoms with Gasteiger partial charge in [-0.1, -0.05) is 50.1 Å². The SMILES string of the molecule is CCCC[C@@H](c1c(O)ccc2ccccc12)N1CCNCC1. The van der Waals surface area contributed by atoms with E-state index in [2.05, 4.69) is 41.4 Å². The lowest BCUT2D eigenvalue weighted by Gasteiger charge is -2.36. The molecule has 1 aliphatic rings.